The van der Waals surface area contributed by atoms with Crippen molar-refractivity contribution in [2.45, 2.75) is 6.54 Å². The zero-order chi connectivity index (χ0) is 15.9. The third-order valence-electron chi connectivity index (χ3n) is 3.12. The van der Waals surface area contributed by atoms with E-state index >= 15 is 0 Å². The third kappa shape index (κ3) is 2.32. The van der Waals surface area contributed by atoms with E-state index in [0.717, 1.165) is 22.9 Å². The minimum absolute atomic E-state index is 0.119. The zero-order valence-electron chi connectivity index (χ0n) is 10.9. The highest BCUT2D eigenvalue weighted by molar-refractivity contribution is 5.41. The van der Waals surface area contributed by atoms with Gasteiger partial charge in [0.25, 0.3) is 0 Å². The van der Waals surface area contributed by atoms with Crippen LogP contribution in [0.25, 0.3) is 5.65 Å². The van der Waals surface area contributed by atoms with Crippen LogP contribution in [0.1, 0.15) is 5.56 Å². The summed E-state index contributed by atoms with van der Waals surface area (Å²) >= 11 is 0. The number of hydrogen-bond donors (Lipinski definition) is 0. The summed E-state index contributed by atoms with van der Waals surface area (Å²) in [5.41, 5.74) is -0.634. The number of rotatable bonds is 3. The van der Waals surface area contributed by atoms with Gasteiger partial charge in [0, 0.05) is 24.0 Å². The van der Waals surface area contributed by atoms with Gasteiger partial charge in [-0.3, -0.25) is 9.20 Å². The summed E-state index contributed by atoms with van der Waals surface area (Å²) in [6, 6.07) is 3.04. The molecule has 0 aliphatic heterocycles. The molecule has 2 aromatic heterocycles. The van der Waals surface area contributed by atoms with E-state index in [0.29, 0.717) is 0 Å². The first-order valence-electron chi connectivity index (χ1n) is 6.12. The second kappa shape index (κ2) is 5.02. The van der Waals surface area contributed by atoms with Crippen molar-refractivity contribution < 1.29 is 13.7 Å². The van der Waals surface area contributed by atoms with Crippen LogP contribution in [0.3, 0.4) is 0 Å². The minimum atomic E-state index is -0.777. The number of nitro groups is 1. The van der Waals surface area contributed by atoms with Crippen molar-refractivity contribution in [3.8, 4) is 0 Å². The molecule has 0 fully saturated rings. The predicted molar refractivity (Wildman–Crippen MR) is 71.6 cm³/mol. The number of benzene rings is 1. The van der Waals surface area contributed by atoms with Gasteiger partial charge in [-0.25, -0.2) is 8.78 Å². The molecule has 0 aliphatic carbocycles. The van der Waals surface area contributed by atoms with Crippen LogP contribution < -0.4 is 5.56 Å². The maximum atomic E-state index is 13.6. The van der Waals surface area contributed by atoms with Crippen LogP contribution in [0.15, 0.2) is 41.6 Å². The summed E-state index contributed by atoms with van der Waals surface area (Å²) in [6.45, 7) is -0.137. The smallest absolute Gasteiger partial charge is 0.358 e. The molecule has 7 nitrogen and oxygen atoms in total. The third-order valence-corrected chi connectivity index (χ3v) is 3.12. The molecule has 0 atom stereocenters. The Balaban J connectivity index is 2.06. The van der Waals surface area contributed by atoms with Gasteiger partial charge in [0.05, 0.1) is 6.54 Å². The van der Waals surface area contributed by atoms with Gasteiger partial charge < -0.3 is 14.7 Å². The van der Waals surface area contributed by atoms with Crippen molar-refractivity contribution in [1.29, 1.82) is 0 Å². The molecular formula is C13H8F2N4O3. The molecule has 1 aromatic carbocycles. The number of hydrogen-bond acceptors (Lipinski definition) is 4. The highest BCUT2D eigenvalue weighted by Crippen LogP contribution is 2.12. The van der Waals surface area contributed by atoms with Gasteiger partial charge >= 0.3 is 17.0 Å². The van der Waals surface area contributed by atoms with Crippen LogP contribution in [-0.2, 0) is 6.54 Å². The number of nitrogens with zero attached hydrogens (tertiary/aromatic N) is 4. The molecular weight excluding hydrogens is 298 g/mol. The second-order valence-corrected chi connectivity index (χ2v) is 4.55. The number of halogens is 2. The normalized spacial score (nSPS) is 11.0. The lowest BCUT2D eigenvalue weighted by molar-refractivity contribution is -0.389. The van der Waals surface area contributed by atoms with Crippen molar-refractivity contribution >= 4 is 11.5 Å². The van der Waals surface area contributed by atoms with Gasteiger partial charge in [-0.15, -0.1) is 0 Å². The molecule has 0 saturated carbocycles. The predicted octanol–water partition coefficient (Wildman–Crippen LogP) is 1.73. The summed E-state index contributed by atoms with van der Waals surface area (Å²) in [4.78, 5) is 25.8. The molecule has 0 aliphatic rings. The Labute approximate surface area is 121 Å². The molecule has 3 aromatic rings. The lowest BCUT2D eigenvalue weighted by Crippen LogP contribution is -2.22. The molecule has 112 valence electrons. The second-order valence-electron chi connectivity index (χ2n) is 4.55. The molecule has 0 unspecified atom stereocenters. The van der Waals surface area contributed by atoms with Crippen molar-refractivity contribution in [3.05, 3.63) is 74.5 Å². The molecule has 3 rings (SSSR count). The molecule has 9 heteroatoms. The van der Waals surface area contributed by atoms with Gasteiger partial charge in [-0.1, -0.05) is 6.07 Å². The van der Waals surface area contributed by atoms with Crippen LogP contribution in [0.2, 0.25) is 0 Å². The van der Waals surface area contributed by atoms with E-state index < -0.39 is 27.9 Å². The van der Waals surface area contributed by atoms with Gasteiger partial charge in [-0.05, 0) is 16.0 Å². The molecule has 0 bridgehead atoms. The van der Waals surface area contributed by atoms with Crippen molar-refractivity contribution in [2.75, 3.05) is 0 Å². The molecule has 0 radical (unpaired) electrons. The Morgan fingerprint density at radius 2 is 2.05 bits per heavy atom. The topological polar surface area (TPSA) is 82.4 Å². The monoisotopic (exact) mass is 306 g/mol. The fourth-order valence-corrected chi connectivity index (χ4v) is 2.05. The summed E-state index contributed by atoms with van der Waals surface area (Å²) < 4.78 is 28.9. The lowest BCUT2D eigenvalue weighted by Gasteiger charge is -2.06. The summed E-state index contributed by atoms with van der Waals surface area (Å²) in [5, 5.41) is 10.7. The molecule has 0 spiro atoms. The van der Waals surface area contributed by atoms with Crippen molar-refractivity contribution in [3.63, 3.8) is 0 Å². The van der Waals surface area contributed by atoms with E-state index in [2.05, 4.69) is 4.98 Å². The number of fused-ring (bicyclic) bond motifs is 1. The lowest BCUT2D eigenvalue weighted by atomic mass is 10.2. The van der Waals surface area contributed by atoms with E-state index in [4.69, 9.17) is 0 Å². The molecule has 0 saturated heterocycles. The first-order chi connectivity index (χ1) is 10.5. The van der Waals surface area contributed by atoms with Crippen LogP contribution in [0, 0.1) is 21.7 Å². The Morgan fingerprint density at radius 3 is 2.73 bits per heavy atom. The Bertz CT molecular complexity index is 948. The van der Waals surface area contributed by atoms with E-state index in [1.54, 1.807) is 0 Å². The maximum absolute atomic E-state index is 13.6. The standard InChI is InChI=1S/C13H8F2N4O3/c14-9-2-1-8(10(15)5-9)6-18-4-3-17-7-11(19(21)22)16-12(17)13(18)20/h1-5,7H,6H2. The number of imidazole rings is 1. The number of aromatic nitrogens is 3. The fraction of sp³-hybridized carbons (Fsp3) is 0.0769. The van der Waals surface area contributed by atoms with Gasteiger partial charge in [0.2, 0.25) is 0 Å². The maximum Gasteiger partial charge on any atom is 0.382 e. The van der Waals surface area contributed by atoms with E-state index in [1.807, 2.05) is 0 Å². The first kappa shape index (κ1) is 13.9. The molecule has 22 heavy (non-hydrogen) atoms. The van der Waals surface area contributed by atoms with Crippen molar-refractivity contribution in [2.24, 2.45) is 0 Å². The van der Waals surface area contributed by atoms with Gasteiger partial charge in [0.15, 0.2) is 0 Å². The Kier molecular flexibility index (Phi) is 3.17. The van der Waals surface area contributed by atoms with E-state index in [1.165, 1.54) is 22.9 Å². The quantitative estimate of drug-likeness (QED) is 0.545. The zero-order valence-corrected chi connectivity index (χ0v) is 10.9. The summed E-state index contributed by atoms with van der Waals surface area (Å²) in [6.07, 6.45) is 3.86. The van der Waals surface area contributed by atoms with Crippen LogP contribution in [-0.4, -0.2) is 18.9 Å². The SMILES string of the molecule is O=c1c2nc([N+](=O)[O-])cn2ccn1Cc1ccc(F)cc1F. The van der Waals surface area contributed by atoms with E-state index in [-0.39, 0.29) is 17.8 Å². The Hall–Kier alpha value is -3.10. The molecule has 0 N–H and O–H groups in total. The van der Waals surface area contributed by atoms with E-state index in [9.17, 15) is 23.7 Å². The van der Waals surface area contributed by atoms with Crippen molar-refractivity contribution in [1.82, 2.24) is 14.0 Å². The Morgan fingerprint density at radius 1 is 1.27 bits per heavy atom. The minimum Gasteiger partial charge on any atom is -0.358 e. The molecule has 2 heterocycles. The molecule has 0 amide bonds. The fourth-order valence-electron chi connectivity index (χ4n) is 2.05. The highest BCUT2D eigenvalue weighted by Gasteiger charge is 2.17. The van der Waals surface area contributed by atoms with Crippen LogP contribution in [0.5, 0.6) is 0 Å². The highest BCUT2D eigenvalue weighted by atomic mass is 19.1. The first-order valence-corrected chi connectivity index (χ1v) is 6.12. The average Bonchev–Trinajstić information content (AvgIpc) is 2.90. The summed E-state index contributed by atoms with van der Waals surface area (Å²) in [5.74, 6) is -1.95. The van der Waals surface area contributed by atoms with Gasteiger partial charge in [0.1, 0.15) is 17.8 Å². The summed E-state index contributed by atoms with van der Waals surface area (Å²) in [7, 11) is 0. The average molecular weight is 306 g/mol. The van der Waals surface area contributed by atoms with Gasteiger partial charge in [-0.2, -0.15) is 0 Å². The van der Waals surface area contributed by atoms with Crippen LogP contribution in [0.4, 0.5) is 14.6 Å². The van der Waals surface area contributed by atoms with Crippen LogP contribution >= 0.6 is 0 Å². The largest absolute Gasteiger partial charge is 0.382 e.